The van der Waals surface area contributed by atoms with E-state index in [-0.39, 0.29) is 17.3 Å². The molecular formula is C20H25N3O3S. The summed E-state index contributed by atoms with van der Waals surface area (Å²) in [5.74, 6) is -0.166. The van der Waals surface area contributed by atoms with Gasteiger partial charge in [-0.25, -0.2) is 13.1 Å². The van der Waals surface area contributed by atoms with E-state index in [0.29, 0.717) is 11.3 Å². The minimum absolute atomic E-state index is 0.166. The molecule has 2 aromatic rings. The highest BCUT2D eigenvalue weighted by Gasteiger charge is 2.20. The van der Waals surface area contributed by atoms with Gasteiger partial charge in [0.25, 0.3) is 0 Å². The number of hydrogen-bond donors (Lipinski definition) is 2. The molecule has 0 saturated heterocycles. The Labute approximate surface area is 160 Å². The van der Waals surface area contributed by atoms with Crippen molar-refractivity contribution in [2.45, 2.75) is 31.6 Å². The molecule has 7 heteroatoms. The van der Waals surface area contributed by atoms with Gasteiger partial charge in [-0.05, 0) is 68.6 Å². The number of nitrogens with one attached hydrogen (secondary N) is 2. The lowest BCUT2D eigenvalue weighted by atomic mass is 10.00. The zero-order valence-corrected chi connectivity index (χ0v) is 16.7. The third-order valence-electron chi connectivity index (χ3n) is 4.82. The SMILES string of the molecule is CNS(=O)(=O)c1cc(NC(=O)CN2CCCc3ccc(C)cc32)ccc1C. The topological polar surface area (TPSA) is 78.5 Å². The van der Waals surface area contributed by atoms with Gasteiger partial charge in [0.2, 0.25) is 15.9 Å². The zero-order valence-electron chi connectivity index (χ0n) is 15.9. The number of nitrogens with zero attached hydrogens (tertiary/aromatic N) is 1. The Morgan fingerprint density at radius 3 is 2.67 bits per heavy atom. The Bertz CT molecular complexity index is 970. The summed E-state index contributed by atoms with van der Waals surface area (Å²) in [5, 5.41) is 2.83. The zero-order chi connectivity index (χ0) is 19.6. The number of sulfonamides is 1. The van der Waals surface area contributed by atoms with Crippen molar-refractivity contribution in [3.05, 3.63) is 53.1 Å². The van der Waals surface area contributed by atoms with Crippen molar-refractivity contribution in [3.8, 4) is 0 Å². The van der Waals surface area contributed by atoms with Crippen molar-refractivity contribution < 1.29 is 13.2 Å². The van der Waals surface area contributed by atoms with E-state index in [1.165, 1.54) is 24.2 Å². The van der Waals surface area contributed by atoms with Crippen LogP contribution in [0.1, 0.15) is 23.1 Å². The Kier molecular flexibility index (Phi) is 5.53. The second-order valence-corrected chi connectivity index (χ2v) is 8.75. The van der Waals surface area contributed by atoms with Gasteiger partial charge in [-0.1, -0.05) is 18.2 Å². The molecule has 2 aromatic carbocycles. The first-order valence-electron chi connectivity index (χ1n) is 8.98. The molecule has 0 aromatic heterocycles. The third-order valence-corrected chi connectivity index (χ3v) is 6.38. The second-order valence-electron chi connectivity index (χ2n) is 6.89. The van der Waals surface area contributed by atoms with Gasteiger partial charge in [-0.2, -0.15) is 0 Å². The molecule has 27 heavy (non-hydrogen) atoms. The molecule has 0 unspecified atom stereocenters. The maximum absolute atomic E-state index is 12.6. The van der Waals surface area contributed by atoms with Gasteiger partial charge in [0.15, 0.2) is 0 Å². The van der Waals surface area contributed by atoms with E-state index >= 15 is 0 Å². The van der Waals surface area contributed by atoms with Crippen LogP contribution < -0.4 is 14.9 Å². The number of benzene rings is 2. The number of rotatable bonds is 5. The number of hydrogen-bond acceptors (Lipinski definition) is 4. The van der Waals surface area contributed by atoms with Crippen LogP contribution in [0.15, 0.2) is 41.3 Å². The monoisotopic (exact) mass is 387 g/mol. The molecule has 0 atom stereocenters. The Balaban J connectivity index is 1.76. The molecule has 0 fully saturated rings. The Morgan fingerprint density at radius 1 is 1.15 bits per heavy atom. The molecule has 1 aliphatic heterocycles. The van der Waals surface area contributed by atoms with Crippen LogP contribution in [-0.2, 0) is 21.2 Å². The number of fused-ring (bicyclic) bond motifs is 1. The number of carbonyl (C=O) groups excluding carboxylic acids is 1. The second kappa shape index (κ2) is 7.70. The average molecular weight is 388 g/mol. The number of amides is 1. The molecule has 0 aliphatic carbocycles. The highest BCUT2D eigenvalue weighted by Crippen LogP contribution is 2.28. The largest absolute Gasteiger partial charge is 0.362 e. The van der Waals surface area contributed by atoms with E-state index < -0.39 is 10.0 Å². The van der Waals surface area contributed by atoms with E-state index in [1.807, 2.05) is 6.92 Å². The molecule has 0 radical (unpaired) electrons. The maximum atomic E-state index is 12.6. The van der Waals surface area contributed by atoms with Crippen molar-refractivity contribution in [3.63, 3.8) is 0 Å². The van der Waals surface area contributed by atoms with Gasteiger partial charge in [-0.15, -0.1) is 0 Å². The standard InChI is InChI=1S/C20H25N3O3S/c1-14-6-8-16-5-4-10-23(18(16)11-14)13-20(24)22-17-9-7-15(2)19(12-17)27(25,26)21-3/h6-9,11-12,21H,4-5,10,13H2,1-3H3,(H,22,24). The van der Waals surface area contributed by atoms with Crippen molar-refractivity contribution in [1.29, 1.82) is 0 Å². The fourth-order valence-electron chi connectivity index (χ4n) is 3.38. The van der Waals surface area contributed by atoms with E-state index in [1.54, 1.807) is 19.1 Å². The molecule has 3 rings (SSSR count). The number of aryl methyl sites for hydroxylation is 3. The Hall–Kier alpha value is -2.38. The third kappa shape index (κ3) is 4.31. The van der Waals surface area contributed by atoms with Crippen LogP contribution in [0, 0.1) is 13.8 Å². The fourth-order valence-corrected chi connectivity index (χ4v) is 4.37. The minimum atomic E-state index is -3.57. The van der Waals surface area contributed by atoms with Crippen LogP contribution in [0.3, 0.4) is 0 Å². The van der Waals surface area contributed by atoms with Crippen molar-refractivity contribution >= 4 is 27.3 Å². The summed E-state index contributed by atoms with van der Waals surface area (Å²) in [6, 6.07) is 11.2. The number of carbonyl (C=O) groups is 1. The van der Waals surface area contributed by atoms with Gasteiger partial charge < -0.3 is 10.2 Å². The van der Waals surface area contributed by atoms with Crippen molar-refractivity contribution in [2.24, 2.45) is 0 Å². The summed E-state index contributed by atoms with van der Waals surface area (Å²) in [6.45, 7) is 4.83. The lowest BCUT2D eigenvalue weighted by molar-refractivity contribution is -0.115. The van der Waals surface area contributed by atoms with E-state index in [0.717, 1.165) is 25.1 Å². The first kappa shape index (κ1) is 19.4. The van der Waals surface area contributed by atoms with Crippen LogP contribution in [0.4, 0.5) is 11.4 Å². The molecule has 2 N–H and O–H groups in total. The van der Waals surface area contributed by atoms with E-state index in [4.69, 9.17) is 0 Å². The lowest BCUT2D eigenvalue weighted by Crippen LogP contribution is -2.36. The quantitative estimate of drug-likeness (QED) is 0.827. The maximum Gasteiger partial charge on any atom is 0.243 e. The van der Waals surface area contributed by atoms with Crippen molar-refractivity contribution in [2.75, 3.05) is 30.4 Å². The van der Waals surface area contributed by atoms with Gasteiger partial charge in [0.1, 0.15) is 0 Å². The van der Waals surface area contributed by atoms with E-state index in [2.05, 4.69) is 33.1 Å². The van der Waals surface area contributed by atoms with Crippen LogP contribution in [0.25, 0.3) is 0 Å². The summed E-state index contributed by atoms with van der Waals surface area (Å²) in [5.41, 5.74) is 4.64. The minimum Gasteiger partial charge on any atom is -0.362 e. The van der Waals surface area contributed by atoms with E-state index in [9.17, 15) is 13.2 Å². The molecule has 0 bridgehead atoms. The fraction of sp³-hybridized carbons (Fsp3) is 0.350. The van der Waals surface area contributed by atoms with Crippen LogP contribution in [0.2, 0.25) is 0 Å². The van der Waals surface area contributed by atoms with Gasteiger partial charge >= 0.3 is 0 Å². The smallest absolute Gasteiger partial charge is 0.243 e. The molecule has 1 amide bonds. The molecule has 0 saturated carbocycles. The summed E-state index contributed by atoms with van der Waals surface area (Å²) >= 11 is 0. The van der Waals surface area contributed by atoms with Gasteiger partial charge in [0, 0.05) is 17.9 Å². The molecular weight excluding hydrogens is 362 g/mol. The molecule has 6 nitrogen and oxygen atoms in total. The summed E-state index contributed by atoms with van der Waals surface area (Å²) in [4.78, 5) is 14.8. The molecule has 1 heterocycles. The van der Waals surface area contributed by atoms with Crippen LogP contribution in [0.5, 0.6) is 0 Å². The number of anilines is 2. The predicted molar refractivity (Wildman–Crippen MR) is 108 cm³/mol. The summed E-state index contributed by atoms with van der Waals surface area (Å²) in [6.07, 6.45) is 2.04. The lowest BCUT2D eigenvalue weighted by Gasteiger charge is -2.31. The van der Waals surface area contributed by atoms with Gasteiger partial charge in [0.05, 0.1) is 11.4 Å². The predicted octanol–water partition coefficient (Wildman–Crippen LogP) is 2.60. The average Bonchev–Trinajstić information content (AvgIpc) is 2.63. The van der Waals surface area contributed by atoms with Crippen LogP contribution in [-0.4, -0.2) is 34.5 Å². The first-order chi connectivity index (χ1) is 12.8. The highest BCUT2D eigenvalue weighted by atomic mass is 32.2. The summed E-state index contributed by atoms with van der Waals surface area (Å²) < 4.78 is 26.5. The molecule has 0 spiro atoms. The highest BCUT2D eigenvalue weighted by molar-refractivity contribution is 7.89. The first-order valence-corrected chi connectivity index (χ1v) is 10.5. The normalized spacial score (nSPS) is 14.0. The van der Waals surface area contributed by atoms with Crippen molar-refractivity contribution in [1.82, 2.24) is 4.72 Å². The van der Waals surface area contributed by atoms with Gasteiger partial charge in [-0.3, -0.25) is 4.79 Å². The molecule has 1 aliphatic rings. The molecule has 144 valence electrons. The summed E-state index contributed by atoms with van der Waals surface area (Å²) in [7, 11) is -2.20. The Morgan fingerprint density at radius 2 is 1.93 bits per heavy atom. The van der Waals surface area contributed by atoms with Crippen LogP contribution >= 0.6 is 0 Å².